The Morgan fingerprint density at radius 1 is 1.05 bits per heavy atom. The van der Waals surface area contributed by atoms with E-state index in [4.69, 9.17) is 14.5 Å². The highest BCUT2D eigenvalue weighted by atomic mass is 19.1. The Labute approximate surface area is 339 Å². The summed E-state index contributed by atoms with van der Waals surface area (Å²) in [5.74, 6) is -2.34. The number of aliphatic hydroxyl groups is 1. The largest absolute Gasteiger partial charge is 0.507 e. The third kappa shape index (κ3) is 8.16. The summed E-state index contributed by atoms with van der Waals surface area (Å²) >= 11 is 0. The van der Waals surface area contributed by atoms with Gasteiger partial charge in [0.05, 0.1) is 22.7 Å². The number of aromatic hydroxyl groups is 2. The minimum atomic E-state index is -1.92. The second kappa shape index (κ2) is 16.6. The maximum atomic E-state index is 14.7. The van der Waals surface area contributed by atoms with Crippen molar-refractivity contribution in [1.82, 2.24) is 4.90 Å². The van der Waals surface area contributed by atoms with Crippen LogP contribution in [0.3, 0.4) is 0 Å². The van der Waals surface area contributed by atoms with E-state index < -0.39 is 47.3 Å². The Morgan fingerprint density at radius 3 is 2.40 bits per heavy atom. The Bertz CT molecular complexity index is 2210. The van der Waals surface area contributed by atoms with Gasteiger partial charge in [0.1, 0.15) is 34.0 Å². The van der Waals surface area contributed by atoms with Gasteiger partial charge in [0.2, 0.25) is 5.78 Å². The molecule has 12 nitrogen and oxygen atoms in total. The third-order valence-electron chi connectivity index (χ3n) is 12.5. The van der Waals surface area contributed by atoms with Gasteiger partial charge >= 0.3 is 6.22 Å². The molecule has 7 atom stereocenters. The van der Waals surface area contributed by atoms with E-state index in [0.29, 0.717) is 37.3 Å². The first-order valence-electron chi connectivity index (χ1n) is 20.6. The van der Waals surface area contributed by atoms with Crippen molar-refractivity contribution in [3.63, 3.8) is 0 Å². The fraction of sp³-hybridized carbons (Fsp3) is 0.578. The van der Waals surface area contributed by atoms with Crippen molar-refractivity contribution in [3.05, 3.63) is 57.8 Å². The SMILES string of the molecule is C/C1=C/C=C/[C@H](C)C[C@@H](C)[C@@H](O)[C@@H](C)[C@H](OC(=O)F)[C@H](C)C/C=C/C[C@@]2(C)Oc3c(C)c(O)c4c(O)c(c5c(c4c3C2=O)NC2(CCN(CC(C)C)CC2)N=5)=NC1=O. The minimum absolute atomic E-state index is 0.0206. The maximum Gasteiger partial charge on any atom is 0.495 e. The molecule has 5 aliphatic heterocycles. The van der Waals surface area contributed by atoms with Gasteiger partial charge in [0, 0.05) is 61.3 Å². The fourth-order valence-corrected chi connectivity index (χ4v) is 9.24. The number of allylic oxidation sites excluding steroid dienone is 4. The van der Waals surface area contributed by atoms with Crippen LogP contribution in [0.1, 0.15) is 103 Å². The molecular formula is C45H59FN4O8. The van der Waals surface area contributed by atoms with Crippen LogP contribution in [0.5, 0.6) is 17.2 Å². The van der Waals surface area contributed by atoms with Gasteiger partial charge in [0.15, 0.2) is 11.4 Å². The van der Waals surface area contributed by atoms with E-state index in [0.717, 1.165) is 19.6 Å². The molecular weight excluding hydrogens is 744 g/mol. The number of nitrogens with zero attached hydrogens (tertiary/aromatic N) is 3. The summed E-state index contributed by atoms with van der Waals surface area (Å²) in [7, 11) is 0. The van der Waals surface area contributed by atoms with Gasteiger partial charge in [-0.1, -0.05) is 71.9 Å². The Hall–Kier alpha value is -4.62. The molecule has 0 aliphatic carbocycles. The molecule has 1 saturated heterocycles. The lowest BCUT2D eigenvalue weighted by Crippen LogP contribution is -2.47. The second-order valence-corrected chi connectivity index (χ2v) is 17.9. The van der Waals surface area contributed by atoms with Crippen LogP contribution in [-0.2, 0) is 9.53 Å². The highest BCUT2D eigenvalue weighted by Gasteiger charge is 2.48. The highest BCUT2D eigenvalue weighted by Crippen LogP contribution is 2.51. The zero-order chi connectivity index (χ0) is 42.4. The Morgan fingerprint density at radius 2 is 1.74 bits per heavy atom. The summed E-state index contributed by atoms with van der Waals surface area (Å²) in [6.45, 7) is 19.1. The van der Waals surface area contributed by atoms with Crippen LogP contribution in [0.15, 0.2) is 45.9 Å². The fourth-order valence-electron chi connectivity index (χ4n) is 9.24. The number of Topliss-reactive ketones (excluding diaryl/α,β-unsaturated/α-hetero) is 1. The molecule has 2 aromatic rings. The normalized spacial score (nSPS) is 31.3. The van der Waals surface area contributed by atoms with E-state index in [-0.39, 0.29) is 79.6 Å². The van der Waals surface area contributed by atoms with Gasteiger partial charge in [-0.2, -0.15) is 0 Å². The van der Waals surface area contributed by atoms with Crippen LogP contribution in [0.25, 0.3) is 10.8 Å². The topological polar surface area (TPSA) is 170 Å². The summed E-state index contributed by atoms with van der Waals surface area (Å²) in [4.78, 5) is 52.0. The Balaban J connectivity index is 1.52. The predicted octanol–water partition coefficient (Wildman–Crippen LogP) is 7.16. The first kappa shape index (κ1) is 43.0. The average molecular weight is 803 g/mol. The van der Waals surface area contributed by atoms with Crippen molar-refractivity contribution in [2.75, 3.05) is 25.0 Å². The van der Waals surface area contributed by atoms with Gasteiger partial charge in [-0.25, -0.2) is 9.79 Å². The van der Waals surface area contributed by atoms with Crippen LogP contribution in [0, 0.1) is 36.5 Å². The molecule has 1 fully saturated rings. The van der Waals surface area contributed by atoms with E-state index in [1.807, 2.05) is 32.9 Å². The number of nitrogens with one attached hydrogen (secondary N) is 1. The lowest BCUT2D eigenvalue weighted by Gasteiger charge is -2.38. The number of piperidine rings is 1. The molecule has 13 heteroatoms. The highest BCUT2D eigenvalue weighted by molar-refractivity contribution is 6.22. The molecule has 5 aliphatic rings. The molecule has 0 radical (unpaired) electrons. The van der Waals surface area contributed by atoms with Crippen molar-refractivity contribution in [1.29, 1.82) is 0 Å². The number of fused-ring (bicyclic) bond motifs is 13. The van der Waals surface area contributed by atoms with Gasteiger partial charge in [-0.05, 0) is 57.3 Å². The van der Waals surface area contributed by atoms with Crippen molar-refractivity contribution < 1.29 is 43.6 Å². The first-order chi connectivity index (χ1) is 27.3. The molecule has 0 saturated carbocycles. The van der Waals surface area contributed by atoms with E-state index in [1.54, 1.807) is 45.9 Å². The van der Waals surface area contributed by atoms with Crippen LogP contribution in [0.4, 0.5) is 14.9 Å². The lowest BCUT2D eigenvalue weighted by atomic mass is 9.80. The number of carbonyl (C=O) groups is 3. The third-order valence-corrected chi connectivity index (χ3v) is 12.5. The molecule has 1 amide bonds. The average Bonchev–Trinajstić information content (AvgIpc) is 3.66. The first-order valence-corrected chi connectivity index (χ1v) is 20.6. The number of benzene rings is 2. The number of rotatable bonds is 3. The number of carbonyl (C=O) groups excluding carboxylic acids is 3. The van der Waals surface area contributed by atoms with E-state index in [2.05, 4.69) is 29.1 Å². The van der Waals surface area contributed by atoms with Crippen LogP contribution in [0.2, 0.25) is 0 Å². The van der Waals surface area contributed by atoms with Crippen LogP contribution in [-0.4, -0.2) is 81.2 Å². The summed E-state index contributed by atoms with van der Waals surface area (Å²) < 4.78 is 25.4. The number of phenols is 2. The monoisotopic (exact) mass is 802 g/mol. The molecule has 0 aromatic heterocycles. The Kier molecular flexibility index (Phi) is 12.3. The van der Waals surface area contributed by atoms with Gasteiger partial charge < -0.3 is 35.0 Å². The molecule has 5 heterocycles. The number of ether oxygens (including phenoxy) is 2. The van der Waals surface area contributed by atoms with E-state index >= 15 is 0 Å². The molecule has 314 valence electrons. The molecule has 2 aromatic carbocycles. The standard InChI is InChI=1S/C45H59FN4O8/c1-23(2)22-50-19-17-45(18-20-50)48-33-30-31-37(52)29(8)40-32(30)41(54)44(9,58-40)16-11-10-14-25(4)39(57-43(46)56)28(7)36(51)27(6)21-24(3)13-12-15-26(5)42(55)47-35(38(31)53)34(33)49-45/h10-13,15,23-25,27-28,36,39,48,51-53H,14,16-22H2,1-9H3/b11-10+,13-12+,26-15-,47-35?/t24-,25+,27+,28+,36+,39+,44+/m0/s1. The number of ketones is 1. The predicted molar refractivity (Wildman–Crippen MR) is 219 cm³/mol. The van der Waals surface area contributed by atoms with Crippen molar-refractivity contribution in [3.8, 4) is 17.2 Å². The number of hydrogen-bond donors (Lipinski definition) is 4. The number of phenolic OH excluding ortho intramolecular Hbond substituents is 2. The molecule has 4 N–H and O–H groups in total. The molecule has 0 unspecified atom stereocenters. The lowest BCUT2D eigenvalue weighted by molar-refractivity contribution is -0.114. The maximum absolute atomic E-state index is 14.7. The number of likely N-dealkylation sites (tertiary alicyclic amines) is 1. The minimum Gasteiger partial charge on any atom is -0.507 e. The van der Waals surface area contributed by atoms with Gasteiger partial charge in [0.25, 0.3) is 5.91 Å². The molecule has 1 spiro atoms. The number of amides is 1. The quantitative estimate of drug-likeness (QED) is 0.142. The van der Waals surface area contributed by atoms with Crippen molar-refractivity contribution in [2.45, 2.75) is 118 Å². The van der Waals surface area contributed by atoms with Crippen LogP contribution < -0.4 is 20.8 Å². The smallest absolute Gasteiger partial charge is 0.495 e. The molecule has 58 heavy (non-hydrogen) atoms. The van der Waals surface area contributed by atoms with Crippen LogP contribution >= 0.6 is 0 Å². The number of halogens is 1. The second-order valence-electron chi connectivity index (χ2n) is 17.9. The van der Waals surface area contributed by atoms with Gasteiger partial charge in [-0.3, -0.25) is 14.6 Å². The molecule has 5 bridgehead atoms. The van der Waals surface area contributed by atoms with Crippen molar-refractivity contribution in [2.24, 2.45) is 39.6 Å². The number of hydrogen-bond acceptors (Lipinski definition) is 11. The summed E-state index contributed by atoms with van der Waals surface area (Å²) in [5, 5.41) is 39.2. The van der Waals surface area contributed by atoms with Crippen molar-refractivity contribution >= 4 is 34.4 Å². The summed E-state index contributed by atoms with van der Waals surface area (Å²) in [6, 6.07) is 0. The van der Waals surface area contributed by atoms with E-state index in [1.165, 1.54) is 0 Å². The number of aliphatic hydroxyl groups excluding tert-OH is 1. The summed E-state index contributed by atoms with van der Waals surface area (Å²) in [6.07, 6.45) is 7.39. The zero-order valence-electron chi connectivity index (χ0n) is 35.2. The van der Waals surface area contributed by atoms with E-state index in [9.17, 15) is 34.1 Å². The zero-order valence-corrected chi connectivity index (χ0v) is 35.2. The number of anilines is 1. The molecule has 7 rings (SSSR count). The van der Waals surface area contributed by atoms with Gasteiger partial charge in [-0.15, -0.1) is 4.39 Å². The summed E-state index contributed by atoms with van der Waals surface area (Å²) in [5.41, 5.74) is -1.09.